The third-order valence-corrected chi connectivity index (χ3v) is 0.725. The molecule has 0 rings (SSSR count). The summed E-state index contributed by atoms with van der Waals surface area (Å²) in [5.41, 5.74) is 9.47. The molecule has 0 spiro atoms. The van der Waals surface area contributed by atoms with Gasteiger partial charge < -0.3 is 11.5 Å². The number of carbonyl (C=O) groups is 1. The first kappa shape index (κ1) is 7.43. The number of nitriles is 1. The van der Waals surface area contributed by atoms with Crippen LogP contribution in [0.4, 0.5) is 0 Å². The fraction of sp³-hybridized carbons (Fsp3) is 0.250. The number of nitrogens with zero attached hydrogens (tertiary/aromatic N) is 1. The Balaban J connectivity index is 4.22. The number of rotatable bonds is 2. The molecule has 5 N–H and O–H groups in total. The number of amides is 1. The SMILES string of the molecule is N#CC(C(=N)N)C(N)=O. The van der Waals surface area contributed by atoms with Gasteiger partial charge in [0.15, 0.2) is 5.92 Å². The molecule has 5 nitrogen and oxygen atoms in total. The third kappa shape index (κ3) is 1.78. The van der Waals surface area contributed by atoms with E-state index in [0.29, 0.717) is 0 Å². The molecule has 0 saturated carbocycles. The third-order valence-electron chi connectivity index (χ3n) is 0.725. The Hall–Kier alpha value is -1.57. The van der Waals surface area contributed by atoms with Gasteiger partial charge in [0, 0.05) is 0 Å². The summed E-state index contributed by atoms with van der Waals surface area (Å²) in [6.07, 6.45) is 0. The summed E-state index contributed by atoms with van der Waals surface area (Å²) in [7, 11) is 0. The fourth-order valence-electron chi connectivity index (χ4n) is 0.286. The topological polar surface area (TPSA) is 117 Å². The highest BCUT2D eigenvalue weighted by atomic mass is 16.1. The second-order valence-electron chi connectivity index (χ2n) is 1.42. The van der Waals surface area contributed by atoms with E-state index in [4.69, 9.17) is 16.4 Å². The van der Waals surface area contributed by atoms with Gasteiger partial charge in [-0.2, -0.15) is 5.26 Å². The number of nitrogens with one attached hydrogen (secondary N) is 1. The molecule has 1 unspecified atom stereocenters. The summed E-state index contributed by atoms with van der Waals surface area (Å²) in [6.45, 7) is 0. The summed E-state index contributed by atoms with van der Waals surface area (Å²) in [5.74, 6) is -2.67. The van der Waals surface area contributed by atoms with Crippen LogP contribution in [0.15, 0.2) is 0 Å². The minimum absolute atomic E-state index is 0.509. The van der Waals surface area contributed by atoms with Gasteiger partial charge in [-0.15, -0.1) is 0 Å². The standard InChI is InChI=1S/C4H6N4O/c5-1-2(3(6)7)4(8)9/h2H,(H3,6,7)(H2,8,9). The molecule has 0 fully saturated rings. The van der Waals surface area contributed by atoms with Crippen LogP contribution in [0.25, 0.3) is 0 Å². The van der Waals surface area contributed by atoms with E-state index in [2.05, 4.69) is 5.73 Å². The van der Waals surface area contributed by atoms with Crippen molar-refractivity contribution in [3.63, 3.8) is 0 Å². The molecule has 0 aliphatic heterocycles. The summed E-state index contributed by atoms with van der Waals surface area (Å²) >= 11 is 0. The average molecular weight is 126 g/mol. The van der Waals surface area contributed by atoms with E-state index in [-0.39, 0.29) is 0 Å². The zero-order valence-corrected chi connectivity index (χ0v) is 4.59. The summed E-state index contributed by atoms with van der Waals surface area (Å²) in [6, 6.07) is 1.48. The van der Waals surface area contributed by atoms with Crippen molar-refractivity contribution in [3.05, 3.63) is 0 Å². The maximum atomic E-state index is 10.2. The van der Waals surface area contributed by atoms with Gasteiger partial charge >= 0.3 is 0 Å². The highest BCUT2D eigenvalue weighted by Gasteiger charge is 2.16. The molecular weight excluding hydrogens is 120 g/mol. The van der Waals surface area contributed by atoms with Crippen LogP contribution in [0.2, 0.25) is 0 Å². The molecule has 0 aliphatic rings. The number of hydrogen-bond donors (Lipinski definition) is 3. The number of primary amides is 1. The van der Waals surface area contributed by atoms with Gasteiger partial charge in [-0.25, -0.2) is 0 Å². The van der Waals surface area contributed by atoms with E-state index in [1.165, 1.54) is 6.07 Å². The number of nitrogens with two attached hydrogens (primary N) is 2. The first-order valence-electron chi connectivity index (χ1n) is 2.12. The maximum Gasteiger partial charge on any atom is 0.242 e. The van der Waals surface area contributed by atoms with Gasteiger partial charge in [0.25, 0.3) is 0 Å². The molecule has 0 aromatic carbocycles. The fourth-order valence-corrected chi connectivity index (χ4v) is 0.286. The Morgan fingerprint density at radius 2 is 2.11 bits per heavy atom. The second-order valence-corrected chi connectivity index (χ2v) is 1.42. The Morgan fingerprint density at radius 3 is 2.11 bits per heavy atom. The van der Waals surface area contributed by atoms with Crippen LogP contribution in [0, 0.1) is 22.7 Å². The van der Waals surface area contributed by atoms with Crippen molar-refractivity contribution in [1.29, 1.82) is 10.7 Å². The van der Waals surface area contributed by atoms with Crippen LogP contribution in [0.5, 0.6) is 0 Å². The van der Waals surface area contributed by atoms with Crippen LogP contribution < -0.4 is 11.5 Å². The molecule has 0 bridgehead atoms. The number of hydrogen-bond acceptors (Lipinski definition) is 3. The maximum absolute atomic E-state index is 10.2. The molecule has 0 radical (unpaired) electrons. The van der Waals surface area contributed by atoms with Crippen molar-refractivity contribution >= 4 is 11.7 Å². The number of carbonyl (C=O) groups excluding carboxylic acids is 1. The first-order valence-corrected chi connectivity index (χ1v) is 2.12. The summed E-state index contributed by atoms with van der Waals surface area (Å²) < 4.78 is 0. The van der Waals surface area contributed by atoms with E-state index in [1.54, 1.807) is 0 Å². The van der Waals surface area contributed by atoms with Crippen LogP contribution in [0.3, 0.4) is 0 Å². The summed E-state index contributed by atoms with van der Waals surface area (Å²) in [4.78, 5) is 10.2. The Labute approximate surface area is 51.8 Å². The van der Waals surface area contributed by atoms with E-state index in [9.17, 15) is 4.79 Å². The Kier molecular flexibility index (Phi) is 2.20. The Bertz CT molecular complexity index is 165. The zero-order chi connectivity index (χ0) is 7.44. The van der Waals surface area contributed by atoms with Crippen molar-refractivity contribution in [1.82, 2.24) is 0 Å². The van der Waals surface area contributed by atoms with Crippen LogP contribution >= 0.6 is 0 Å². The minimum atomic E-state index is -1.27. The van der Waals surface area contributed by atoms with E-state index in [1.807, 2.05) is 0 Å². The lowest BCUT2D eigenvalue weighted by atomic mass is 10.1. The quantitative estimate of drug-likeness (QED) is 0.310. The molecule has 0 aliphatic carbocycles. The van der Waals surface area contributed by atoms with Crippen molar-refractivity contribution in [3.8, 4) is 6.07 Å². The van der Waals surface area contributed by atoms with Crippen LogP contribution in [-0.4, -0.2) is 11.7 Å². The lowest BCUT2D eigenvalue weighted by Gasteiger charge is -1.97. The molecule has 48 valence electrons. The minimum Gasteiger partial charge on any atom is -0.386 e. The van der Waals surface area contributed by atoms with Gasteiger partial charge in [-0.05, 0) is 0 Å². The largest absolute Gasteiger partial charge is 0.386 e. The summed E-state index contributed by atoms with van der Waals surface area (Å²) in [5, 5.41) is 14.7. The lowest BCUT2D eigenvalue weighted by molar-refractivity contribution is -0.118. The van der Waals surface area contributed by atoms with Crippen LogP contribution in [0.1, 0.15) is 0 Å². The number of amidine groups is 1. The van der Waals surface area contributed by atoms with Crippen molar-refractivity contribution < 1.29 is 4.79 Å². The van der Waals surface area contributed by atoms with Gasteiger partial charge in [0.2, 0.25) is 5.91 Å². The molecular formula is C4H6N4O. The highest BCUT2D eigenvalue weighted by Crippen LogP contribution is 1.88. The van der Waals surface area contributed by atoms with Crippen molar-refractivity contribution in [2.45, 2.75) is 0 Å². The lowest BCUT2D eigenvalue weighted by Crippen LogP contribution is -2.33. The zero-order valence-electron chi connectivity index (χ0n) is 4.59. The first-order chi connectivity index (χ1) is 4.09. The molecule has 0 aromatic rings. The molecule has 1 atom stereocenters. The van der Waals surface area contributed by atoms with E-state index < -0.39 is 17.7 Å². The highest BCUT2D eigenvalue weighted by molar-refractivity contribution is 6.02. The normalized spacial score (nSPS) is 11.4. The van der Waals surface area contributed by atoms with Crippen LogP contribution in [-0.2, 0) is 4.79 Å². The van der Waals surface area contributed by atoms with Gasteiger partial charge in [0.1, 0.15) is 5.84 Å². The van der Waals surface area contributed by atoms with E-state index >= 15 is 0 Å². The molecule has 9 heavy (non-hydrogen) atoms. The average Bonchev–Trinajstić information content (AvgIpc) is 1.64. The smallest absolute Gasteiger partial charge is 0.242 e. The van der Waals surface area contributed by atoms with Gasteiger partial charge in [0.05, 0.1) is 6.07 Å². The molecule has 5 heteroatoms. The predicted molar refractivity (Wildman–Crippen MR) is 30.2 cm³/mol. The molecule has 0 heterocycles. The monoisotopic (exact) mass is 126 g/mol. The van der Waals surface area contributed by atoms with Gasteiger partial charge in [-0.1, -0.05) is 0 Å². The van der Waals surface area contributed by atoms with E-state index in [0.717, 1.165) is 0 Å². The van der Waals surface area contributed by atoms with Crippen molar-refractivity contribution in [2.75, 3.05) is 0 Å². The van der Waals surface area contributed by atoms with Crippen molar-refractivity contribution in [2.24, 2.45) is 17.4 Å². The Morgan fingerprint density at radius 1 is 1.67 bits per heavy atom. The van der Waals surface area contributed by atoms with Gasteiger partial charge in [-0.3, -0.25) is 10.2 Å². The predicted octanol–water partition coefficient (Wildman–Crippen LogP) is -1.45. The molecule has 0 saturated heterocycles. The molecule has 1 amide bonds. The second kappa shape index (κ2) is 2.67. The molecule has 0 aromatic heterocycles.